The SMILES string of the molecule is C=C/C(C)=C(/Cl)C(=C)C.CC. The van der Waals surface area contributed by atoms with Crippen molar-refractivity contribution in [2.45, 2.75) is 27.7 Å². The Morgan fingerprint density at radius 3 is 1.73 bits per heavy atom. The fourth-order valence-electron chi connectivity index (χ4n) is 0.426. The van der Waals surface area contributed by atoms with Crippen LogP contribution in [0.3, 0.4) is 0 Å². The van der Waals surface area contributed by atoms with Gasteiger partial charge in [-0.05, 0) is 25.0 Å². The monoisotopic (exact) mass is 172 g/mol. The van der Waals surface area contributed by atoms with Crippen molar-refractivity contribution in [3.05, 3.63) is 35.4 Å². The van der Waals surface area contributed by atoms with Crippen LogP contribution in [0.5, 0.6) is 0 Å². The van der Waals surface area contributed by atoms with Gasteiger partial charge in [0.1, 0.15) is 0 Å². The molecule has 0 nitrogen and oxygen atoms in total. The third kappa shape index (κ3) is 5.93. The lowest BCUT2D eigenvalue weighted by atomic mass is 10.2. The molecule has 0 fully saturated rings. The van der Waals surface area contributed by atoms with E-state index >= 15 is 0 Å². The third-order valence-corrected chi connectivity index (χ3v) is 1.65. The summed E-state index contributed by atoms with van der Waals surface area (Å²) in [5, 5.41) is 0.713. The molecule has 0 aliphatic heterocycles. The molecule has 0 heterocycles. The molecule has 0 aromatic heterocycles. The first kappa shape index (κ1) is 13.1. The number of rotatable bonds is 2. The molecule has 0 aliphatic rings. The fourth-order valence-corrected chi connectivity index (χ4v) is 0.503. The van der Waals surface area contributed by atoms with E-state index in [-0.39, 0.29) is 0 Å². The van der Waals surface area contributed by atoms with Crippen molar-refractivity contribution in [2.75, 3.05) is 0 Å². The van der Waals surface area contributed by atoms with Gasteiger partial charge in [-0.25, -0.2) is 0 Å². The van der Waals surface area contributed by atoms with Crippen LogP contribution in [0.2, 0.25) is 0 Å². The van der Waals surface area contributed by atoms with Gasteiger partial charge in [-0.1, -0.05) is 44.7 Å². The van der Waals surface area contributed by atoms with E-state index in [1.807, 2.05) is 27.7 Å². The first-order valence-electron chi connectivity index (χ1n) is 3.74. The zero-order valence-electron chi connectivity index (χ0n) is 7.87. The molecule has 0 N–H and O–H groups in total. The van der Waals surface area contributed by atoms with E-state index in [9.17, 15) is 0 Å². The maximum atomic E-state index is 5.78. The minimum Gasteiger partial charge on any atom is -0.0987 e. The third-order valence-electron chi connectivity index (χ3n) is 1.03. The van der Waals surface area contributed by atoms with Gasteiger partial charge >= 0.3 is 0 Å². The second-order valence-corrected chi connectivity index (χ2v) is 2.36. The van der Waals surface area contributed by atoms with Crippen molar-refractivity contribution in [3.63, 3.8) is 0 Å². The number of hydrogen-bond donors (Lipinski definition) is 0. The highest BCUT2D eigenvalue weighted by atomic mass is 35.5. The smallest absolute Gasteiger partial charge is 0.0458 e. The normalized spacial score (nSPS) is 10.6. The molecule has 0 aromatic rings. The van der Waals surface area contributed by atoms with E-state index in [4.69, 9.17) is 11.6 Å². The van der Waals surface area contributed by atoms with Gasteiger partial charge in [-0.15, -0.1) is 0 Å². The van der Waals surface area contributed by atoms with Crippen molar-refractivity contribution >= 4 is 11.6 Å². The Kier molecular flexibility index (Phi) is 9.09. The molecule has 0 radical (unpaired) electrons. The van der Waals surface area contributed by atoms with Gasteiger partial charge in [0, 0.05) is 5.03 Å². The Bertz CT molecular complexity index is 164. The van der Waals surface area contributed by atoms with Gasteiger partial charge in [-0.3, -0.25) is 0 Å². The molecule has 64 valence electrons. The Morgan fingerprint density at radius 1 is 1.27 bits per heavy atom. The van der Waals surface area contributed by atoms with Gasteiger partial charge in [0.2, 0.25) is 0 Å². The number of halogens is 1. The highest BCUT2D eigenvalue weighted by Crippen LogP contribution is 2.16. The quantitative estimate of drug-likeness (QED) is 0.546. The van der Waals surface area contributed by atoms with Crippen molar-refractivity contribution < 1.29 is 0 Å². The first-order chi connectivity index (χ1) is 5.09. The van der Waals surface area contributed by atoms with Gasteiger partial charge in [0.05, 0.1) is 0 Å². The lowest BCUT2D eigenvalue weighted by Crippen LogP contribution is -1.76. The van der Waals surface area contributed by atoms with Crippen LogP contribution in [0.25, 0.3) is 0 Å². The number of allylic oxidation sites excluding steroid dienone is 4. The average molecular weight is 173 g/mol. The Labute approximate surface area is 75.3 Å². The predicted octanol–water partition coefficient (Wildman–Crippen LogP) is 4.29. The summed E-state index contributed by atoms with van der Waals surface area (Å²) in [6.07, 6.45) is 1.72. The summed E-state index contributed by atoms with van der Waals surface area (Å²) >= 11 is 5.78. The van der Waals surface area contributed by atoms with E-state index < -0.39 is 0 Å². The van der Waals surface area contributed by atoms with E-state index in [0.717, 1.165) is 11.1 Å². The summed E-state index contributed by atoms with van der Waals surface area (Å²) in [6.45, 7) is 15.0. The lowest BCUT2D eigenvalue weighted by molar-refractivity contribution is 1.42. The largest absolute Gasteiger partial charge is 0.0987 e. The van der Waals surface area contributed by atoms with E-state index in [1.54, 1.807) is 6.08 Å². The summed E-state index contributed by atoms with van der Waals surface area (Å²) < 4.78 is 0. The van der Waals surface area contributed by atoms with Crippen LogP contribution in [0.1, 0.15) is 27.7 Å². The molecule has 0 rings (SSSR count). The van der Waals surface area contributed by atoms with Gasteiger partial charge in [0.25, 0.3) is 0 Å². The highest BCUT2D eigenvalue weighted by molar-refractivity contribution is 6.32. The van der Waals surface area contributed by atoms with E-state index in [1.165, 1.54) is 0 Å². The standard InChI is InChI=1S/C8H11Cl.C2H6/c1-5-7(4)8(9)6(2)3;1-2/h5H,1-2H2,3-4H3;1-2H3/b8-7+;. The Balaban J connectivity index is 0. The molecule has 0 saturated carbocycles. The van der Waals surface area contributed by atoms with Gasteiger partial charge < -0.3 is 0 Å². The Hall–Kier alpha value is -0.490. The summed E-state index contributed by atoms with van der Waals surface area (Å²) in [7, 11) is 0. The van der Waals surface area contributed by atoms with Gasteiger partial charge in [-0.2, -0.15) is 0 Å². The van der Waals surface area contributed by atoms with Crippen LogP contribution in [0.4, 0.5) is 0 Å². The van der Waals surface area contributed by atoms with Crippen molar-refractivity contribution in [1.29, 1.82) is 0 Å². The van der Waals surface area contributed by atoms with Crippen LogP contribution in [-0.2, 0) is 0 Å². The molecule has 0 unspecified atom stereocenters. The van der Waals surface area contributed by atoms with Crippen LogP contribution in [0.15, 0.2) is 35.4 Å². The Morgan fingerprint density at radius 2 is 1.64 bits per heavy atom. The zero-order valence-corrected chi connectivity index (χ0v) is 8.63. The van der Waals surface area contributed by atoms with Crippen molar-refractivity contribution in [3.8, 4) is 0 Å². The van der Waals surface area contributed by atoms with Crippen LogP contribution < -0.4 is 0 Å². The maximum Gasteiger partial charge on any atom is 0.0458 e. The molecular formula is C10H17Cl. The summed E-state index contributed by atoms with van der Waals surface area (Å²) in [5.74, 6) is 0. The number of hydrogen-bond acceptors (Lipinski definition) is 0. The molecule has 0 bridgehead atoms. The summed E-state index contributed by atoms with van der Waals surface area (Å²) in [6, 6.07) is 0. The minimum atomic E-state index is 0.713. The van der Waals surface area contributed by atoms with E-state index in [0.29, 0.717) is 5.03 Å². The highest BCUT2D eigenvalue weighted by Gasteiger charge is 1.93. The average Bonchev–Trinajstić information content (AvgIpc) is 2.05. The molecule has 0 aromatic carbocycles. The maximum absolute atomic E-state index is 5.78. The van der Waals surface area contributed by atoms with Crippen molar-refractivity contribution in [2.24, 2.45) is 0 Å². The molecule has 0 spiro atoms. The van der Waals surface area contributed by atoms with Gasteiger partial charge in [0.15, 0.2) is 0 Å². The van der Waals surface area contributed by atoms with Crippen molar-refractivity contribution in [1.82, 2.24) is 0 Å². The lowest BCUT2D eigenvalue weighted by Gasteiger charge is -1.97. The molecule has 0 saturated heterocycles. The molecule has 0 atom stereocenters. The minimum absolute atomic E-state index is 0.713. The molecule has 0 aliphatic carbocycles. The fraction of sp³-hybridized carbons (Fsp3) is 0.400. The first-order valence-corrected chi connectivity index (χ1v) is 4.12. The van der Waals surface area contributed by atoms with Crippen LogP contribution >= 0.6 is 11.6 Å². The summed E-state index contributed by atoms with van der Waals surface area (Å²) in [5.41, 5.74) is 1.86. The second-order valence-electron chi connectivity index (χ2n) is 1.98. The molecule has 1 heteroatoms. The summed E-state index contributed by atoms with van der Waals surface area (Å²) in [4.78, 5) is 0. The molecule has 0 amide bonds. The second kappa shape index (κ2) is 7.62. The topological polar surface area (TPSA) is 0 Å². The van der Waals surface area contributed by atoms with E-state index in [2.05, 4.69) is 13.2 Å². The van der Waals surface area contributed by atoms with Crippen LogP contribution in [-0.4, -0.2) is 0 Å². The zero-order chi connectivity index (χ0) is 9.44. The predicted molar refractivity (Wildman–Crippen MR) is 54.9 cm³/mol. The molecule has 11 heavy (non-hydrogen) atoms. The van der Waals surface area contributed by atoms with Crippen LogP contribution in [0, 0.1) is 0 Å². The molecular weight excluding hydrogens is 156 g/mol.